The summed E-state index contributed by atoms with van der Waals surface area (Å²) < 4.78 is 7.50. The van der Waals surface area contributed by atoms with Crippen molar-refractivity contribution >= 4 is 12.1 Å². The number of carbonyl (C=O) groups is 1. The van der Waals surface area contributed by atoms with Crippen molar-refractivity contribution in [2.75, 3.05) is 13.6 Å². The van der Waals surface area contributed by atoms with E-state index in [1.54, 1.807) is 13.2 Å². The smallest absolute Gasteiger partial charge is 0.408 e. The van der Waals surface area contributed by atoms with Crippen LogP contribution in [0.5, 0.6) is 0 Å². The second-order valence-corrected chi connectivity index (χ2v) is 8.95. The van der Waals surface area contributed by atoms with Crippen molar-refractivity contribution in [1.82, 2.24) is 25.5 Å². The maximum atomic E-state index is 12.4. The van der Waals surface area contributed by atoms with Crippen LogP contribution in [0.4, 0.5) is 4.79 Å². The highest BCUT2D eigenvalue weighted by Crippen LogP contribution is 2.16. The Morgan fingerprint density at radius 3 is 2.47 bits per heavy atom. The largest absolute Gasteiger partial charge is 0.444 e. The monoisotopic (exact) mass is 442 g/mol. The van der Waals surface area contributed by atoms with Gasteiger partial charge in [-0.05, 0) is 44.7 Å². The molecule has 0 saturated carbocycles. The van der Waals surface area contributed by atoms with E-state index in [1.165, 1.54) is 5.56 Å². The number of rotatable bonds is 9. The van der Waals surface area contributed by atoms with Gasteiger partial charge in [-0.25, -0.2) is 9.78 Å². The van der Waals surface area contributed by atoms with E-state index in [9.17, 15) is 4.79 Å². The predicted octanol–water partition coefficient (Wildman–Crippen LogP) is 3.68. The number of imidazole rings is 1. The molecule has 0 saturated heterocycles. The second-order valence-electron chi connectivity index (χ2n) is 8.95. The van der Waals surface area contributed by atoms with E-state index in [0.717, 1.165) is 24.9 Å². The SMILES string of the molecule is CCC(CC)(CNC(=NC)NCc1cccc(Cn2ccnc2)c1)NC(=O)OC(C)(C)C. The molecule has 3 N–H and O–H groups in total. The minimum absolute atomic E-state index is 0.402. The third-order valence-corrected chi connectivity index (χ3v) is 5.31. The van der Waals surface area contributed by atoms with Crippen molar-refractivity contribution in [3.05, 3.63) is 54.1 Å². The van der Waals surface area contributed by atoms with Crippen LogP contribution in [-0.2, 0) is 17.8 Å². The molecule has 0 aliphatic rings. The van der Waals surface area contributed by atoms with E-state index in [1.807, 2.05) is 37.9 Å². The lowest BCUT2D eigenvalue weighted by molar-refractivity contribution is 0.0448. The zero-order valence-corrected chi connectivity index (χ0v) is 20.2. The number of amides is 1. The first kappa shape index (κ1) is 25.2. The number of aromatic nitrogens is 2. The molecule has 0 spiro atoms. The first-order chi connectivity index (χ1) is 15.2. The lowest BCUT2D eigenvalue weighted by Crippen LogP contribution is -2.57. The summed E-state index contributed by atoms with van der Waals surface area (Å²) in [5, 5.41) is 9.77. The van der Waals surface area contributed by atoms with E-state index in [0.29, 0.717) is 19.0 Å². The molecule has 8 nitrogen and oxygen atoms in total. The molecule has 8 heteroatoms. The summed E-state index contributed by atoms with van der Waals surface area (Å²) in [6.45, 7) is 11.7. The van der Waals surface area contributed by atoms with Gasteiger partial charge in [0.1, 0.15) is 5.60 Å². The lowest BCUT2D eigenvalue weighted by atomic mass is 9.93. The Hall–Kier alpha value is -3.03. The van der Waals surface area contributed by atoms with Gasteiger partial charge in [-0.15, -0.1) is 0 Å². The first-order valence-corrected chi connectivity index (χ1v) is 11.2. The Bertz CT molecular complexity index is 867. The van der Waals surface area contributed by atoms with Gasteiger partial charge in [-0.1, -0.05) is 38.1 Å². The molecule has 0 aliphatic carbocycles. The van der Waals surface area contributed by atoms with Crippen LogP contribution in [0, 0.1) is 0 Å². The average Bonchev–Trinajstić information content (AvgIpc) is 3.25. The van der Waals surface area contributed by atoms with Gasteiger partial charge in [0.15, 0.2) is 5.96 Å². The molecule has 32 heavy (non-hydrogen) atoms. The van der Waals surface area contributed by atoms with Gasteiger partial charge in [0.2, 0.25) is 0 Å². The summed E-state index contributed by atoms with van der Waals surface area (Å²) in [7, 11) is 1.74. The summed E-state index contributed by atoms with van der Waals surface area (Å²) in [6, 6.07) is 8.43. The minimum atomic E-state index is -0.533. The van der Waals surface area contributed by atoms with Crippen molar-refractivity contribution in [1.29, 1.82) is 0 Å². The highest BCUT2D eigenvalue weighted by molar-refractivity contribution is 5.79. The van der Waals surface area contributed by atoms with E-state index < -0.39 is 17.2 Å². The van der Waals surface area contributed by atoms with Crippen molar-refractivity contribution in [2.24, 2.45) is 4.99 Å². The number of guanidine groups is 1. The quantitative estimate of drug-likeness (QED) is 0.407. The molecular weight excluding hydrogens is 404 g/mol. The molecule has 1 amide bonds. The number of nitrogens with one attached hydrogen (secondary N) is 3. The van der Waals surface area contributed by atoms with Crippen LogP contribution in [0.3, 0.4) is 0 Å². The Balaban J connectivity index is 1.92. The molecule has 0 bridgehead atoms. The topological polar surface area (TPSA) is 92.6 Å². The normalized spacial score (nSPS) is 12.4. The maximum absolute atomic E-state index is 12.4. The van der Waals surface area contributed by atoms with Gasteiger partial charge < -0.3 is 25.3 Å². The summed E-state index contributed by atoms with van der Waals surface area (Å²) in [4.78, 5) is 20.8. The van der Waals surface area contributed by atoms with Crippen molar-refractivity contribution in [2.45, 2.75) is 71.7 Å². The zero-order chi connectivity index (χ0) is 23.6. The number of carbonyl (C=O) groups excluding carboxylic acids is 1. The van der Waals surface area contributed by atoms with Crippen LogP contribution >= 0.6 is 0 Å². The number of ether oxygens (including phenoxy) is 1. The Morgan fingerprint density at radius 2 is 1.88 bits per heavy atom. The molecule has 176 valence electrons. The third-order valence-electron chi connectivity index (χ3n) is 5.31. The number of hydrogen-bond donors (Lipinski definition) is 3. The molecule has 0 atom stereocenters. The van der Waals surface area contributed by atoms with Crippen molar-refractivity contribution in [3.63, 3.8) is 0 Å². The highest BCUT2D eigenvalue weighted by atomic mass is 16.6. The van der Waals surface area contributed by atoms with Crippen molar-refractivity contribution < 1.29 is 9.53 Å². The Labute approximate surface area is 191 Å². The van der Waals surface area contributed by atoms with Crippen LogP contribution in [0.2, 0.25) is 0 Å². The molecule has 1 aromatic carbocycles. The second kappa shape index (κ2) is 11.5. The summed E-state index contributed by atoms with van der Waals surface area (Å²) in [5.74, 6) is 0.683. The van der Waals surface area contributed by atoms with Crippen LogP contribution in [0.1, 0.15) is 58.6 Å². The summed E-state index contributed by atoms with van der Waals surface area (Å²) in [5.41, 5.74) is 1.41. The minimum Gasteiger partial charge on any atom is -0.444 e. The van der Waals surface area contributed by atoms with E-state index in [-0.39, 0.29) is 0 Å². The maximum Gasteiger partial charge on any atom is 0.408 e. The molecule has 2 rings (SSSR count). The predicted molar refractivity (Wildman–Crippen MR) is 129 cm³/mol. The van der Waals surface area contributed by atoms with E-state index in [4.69, 9.17) is 4.74 Å². The molecule has 1 aromatic heterocycles. The molecule has 0 aliphatic heterocycles. The number of nitrogens with zero attached hydrogens (tertiary/aromatic N) is 3. The number of hydrogen-bond acceptors (Lipinski definition) is 4. The fourth-order valence-electron chi connectivity index (χ4n) is 3.33. The number of aliphatic imine (C=N–C) groups is 1. The van der Waals surface area contributed by atoms with E-state index >= 15 is 0 Å². The summed E-state index contributed by atoms with van der Waals surface area (Å²) >= 11 is 0. The number of benzene rings is 1. The van der Waals surface area contributed by atoms with Crippen LogP contribution in [-0.4, -0.2) is 46.3 Å². The Morgan fingerprint density at radius 1 is 1.16 bits per heavy atom. The van der Waals surface area contributed by atoms with E-state index in [2.05, 4.69) is 64.0 Å². The molecule has 0 unspecified atom stereocenters. The fraction of sp³-hybridized carbons (Fsp3) is 0.542. The average molecular weight is 443 g/mol. The van der Waals surface area contributed by atoms with Gasteiger partial charge in [0.25, 0.3) is 0 Å². The molecule has 0 radical (unpaired) electrons. The van der Waals surface area contributed by atoms with Crippen LogP contribution in [0.25, 0.3) is 0 Å². The Kier molecular flexibility index (Phi) is 9.11. The van der Waals surface area contributed by atoms with Crippen molar-refractivity contribution in [3.8, 4) is 0 Å². The molecule has 0 fully saturated rings. The van der Waals surface area contributed by atoms with Gasteiger partial charge in [-0.3, -0.25) is 4.99 Å². The molecule has 2 aromatic rings. The fourth-order valence-corrected chi connectivity index (χ4v) is 3.33. The van der Waals surface area contributed by atoms with Crippen LogP contribution < -0.4 is 16.0 Å². The van der Waals surface area contributed by atoms with Gasteiger partial charge in [0.05, 0.1) is 11.9 Å². The zero-order valence-electron chi connectivity index (χ0n) is 20.2. The van der Waals surface area contributed by atoms with Gasteiger partial charge in [-0.2, -0.15) is 0 Å². The highest BCUT2D eigenvalue weighted by Gasteiger charge is 2.30. The summed E-state index contributed by atoms with van der Waals surface area (Å²) in [6.07, 6.45) is 6.68. The van der Waals surface area contributed by atoms with Gasteiger partial charge in [0, 0.05) is 39.1 Å². The van der Waals surface area contributed by atoms with Crippen LogP contribution in [0.15, 0.2) is 48.0 Å². The molecular formula is C24H38N6O2. The van der Waals surface area contributed by atoms with Gasteiger partial charge >= 0.3 is 6.09 Å². The lowest BCUT2D eigenvalue weighted by Gasteiger charge is -2.34. The number of alkyl carbamates (subject to hydrolysis) is 1. The molecule has 1 heterocycles. The third kappa shape index (κ3) is 8.24. The standard InChI is InChI=1S/C24H38N6O2/c1-7-24(8-2,29-22(31)32-23(3,4)5)17-28-21(25-6)27-15-19-10-9-11-20(14-19)16-30-13-12-26-18-30/h9-14,18H,7-8,15-17H2,1-6H3,(H,29,31)(H2,25,27,28). The first-order valence-electron chi connectivity index (χ1n) is 11.2.